The number of anilines is 1. The maximum absolute atomic E-state index is 9.48. The zero-order valence-electron chi connectivity index (χ0n) is 11.0. The van der Waals surface area contributed by atoms with E-state index >= 15 is 0 Å². The lowest BCUT2D eigenvalue weighted by Gasteiger charge is -2.38. The Bertz CT molecular complexity index is 475. The number of nitriles is 2. The van der Waals surface area contributed by atoms with Gasteiger partial charge in [-0.1, -0.05) is 18.2 Å². The molecule has 0 aliphatic carbocycles. The first-order valence-electron chi connectivity index (χ1n) is 6.62. The molecule has 0 atom stereocenters. The molecule has 1 heterocycles. The third-order valence-electron chi connectivity index (χ3n) is 3.62. The van der Waals surface area contributed by atoms with Crippen molar-refractivity contribution in [3.8, 4) is 12.1 Å². The van der Waals surface area contributed by atoms with E-state index in [2.05, 4.69) is 22.4 Å². The van der Waals surface area contributed by atoms with E-state index in [0.717, 1.165) is 38.2 Å². The van der Waals surface area contributed by atoms with Crippen molar-refractivity contribution >= 4 is 5.69 Å². The van der Waals surface area contributed by atoms with Crippen LogP contribution >= 0.6 is 0 Å². The molecule has 0 bridgehead atoms. The number of benzene rings is 1. The van der Waals surface area contributed by atoms with Crippen LogP contribution in [0.2, 0.25) is 0 Å². The van der Waals surface area contributed by atoms with Crippen LogP contribution in [0.1, 0.15) is 19.3 Å². The third kappa shape index (κ3) is 3.47. The summed E-state index contributed by atoms with van der Waals surface area (Å²) < 4.78 is 0. The molecule has 1 N–H and O–H groups in total. The summed E-state index contributed by atoms with van der Waals surface area (Å²) in [6.45, 7) is 2.55. The highest BCUT2D eigenvalue weighted by molar-refractivity contribution is 5.47. The van der Waals surface area contributed by atoms with Crippen molar-refractivity contribution in [2.24, 2.45) is 0 Å². The Kier molecular flexibility index (Phi) is 4.39. The number of piperidine rings is 1. The van der Waals surface area contributed by atoms with E-state index in [1.807, 2.05) is 30.3 Å². The molecular weight excluding hydrogens is 236 g/mol. The highest BCUT2D eigenvalue weighted by Gasteiger charge is 2.34. The van der Waals surface area contributed by atoms with Crippen molar-refractivity contribution in [2.45, 2.75) is 24.8 Å². The fourth-order valence-electron chi connectivity index (χ4n) is 2.43. The lowest BCUT2D eigenvalue weighted by atomic mass is 9.88. The zero-order valence-corrected chi connectivity index (χ0v) is 11.0. The molecule has 0 unspecified atom stereocenters. The molecule has 98 valence electrons. The van der Waals surface area contributed by atoms with Crippen LogP contribution in [-0.4, -0.2) is 30.1 Å². The predicted molar refractivity (Wildman–Crippen MR) is 74.3 cm³/mol. The van der Waals surface area contributed by atoms with Crippen molar-refractivity contribution in [3.63, 3.8) is 0 Å². The van der Waals surface area contributed by atoms with Gasteiger partial charge in [-0.15, -0.1) is 0 Å². The number of hydrogen-bond acceptors (Lipinski definition) is 4. The van der Waals surface area contributed by atoms with E-state index in [9.17, 15) is 5.26 Å². The normalized spacial score (nSPS) is 18.2. The quantitative estimate of drug-likeness (QED) is 0.896. The SMILES string of the molecule is N#CCCN1CCC(C#N)(Nc2ccccc2)CC1. The van der Waals surface area contributed by atoms with Crippen molar-refractivity contribution in [1.82, 2.24) is 4.90 Å². The molecule has 0 aromatic heterocycles. The zero-order chi connectivity index (χ0) is 13.6. The molecule has 0 amide bonds. The van der Waals surface area contributed by atoms with Gasteiger partial charge in [-0.25, -0.2) is 0 Å². The van der Waals surface area contributed by atoms with E-state index in [-0.39, 0.29) is 0 Å². The molecule has 1 aliphatic rings. The average Bonchev–Trinajstić information content (AvgIpc) is 2.48. The minimum Gasteiger partial charge on any atom is -0.367 e. The van der Waals surface area contributed by atoms with Crippen molar-refractivity contribution in [2.75, 3.05) is 25.0 Å². The number of likely N-dealkylation sites (tertiary alicyclic amines) is 1. The standard InChI is InChI=1S/C15H18N4/c16-9-4-10-19-11-7-15(13-17,8-12-19)18-14-5-2-1-3-6-14/h1-3,5-6,18H,4,7-8,10-12H2. The summed E-state index contributed by atoms with van der Waals surface area (Å²) in [5.41, 5.74) is 0.527. The van der Waals surface area contributed by atoms with Gasteiger partial charge in [0.15, 0.2) is 0 Å². The van der Waals surface area contributed by atoms with Crippen molar-refractivity contribution < 1.29 is 0 Å². The number of hydrogen-bond donors (Lipinski definition) is 1. The molecule has 2 rings (SSSR count). The van der Waals surface area contributed by atoms with Crippen molar-refractivity contribution in [1.29, 1.82) is 10.5 Å². The summed E-state index contributed by atoms with van der Waals surface area (Å²) in [5, 5.41) is 21.4. The number of nitrogens with one attached hydrogen (secondary N) is 1. The molecule has 1 saturated heterocycles. The number of para-hydroxylation sites is 1. The van der Waals surface area contributed by atoms with Crippen molar-refractivity contribution in [3.05, 3.63) is 30.3 Å². The van der Waals surface area contributed by atoms with Gasteiger partial charge < -0.3 is 10.2 Å². The van der Waals surface area contributed by atoms with Gasteiger partial charge in [0.2, 0.25) is 0 Å². The Hall–Kier alpha value is -2.04. The summed E-state index contributed by atoms with van der Waals surface area (Å²) in [4.78, 5) is 2.26. The molecule has 19 heavy (non-hydrogen) atoms. The molecule has 1 fully saturated rings. The number of rotatable bonds is 4. The monoisotopic (exact) mass is 254 g/mol. The van der Waals surface area contributed by atoms with Crippen LogP contribution < -0.4 is 5.32 Å². The van der Waals surface area contributed by atoms with Gasteiger partial charge in [-0.05, 0) is 25.0 Å². The molecule has 4 heteroatoms. The third-order valence-corrected chi connectivity index (χ3v) is 3.62. The lowest BCUT2D eigenvalue weighted by molar-refractivity contribution is 0.201. The van der Waals surface area contributed by atoms with Crippen LogP contribution in [0, 0.1) is 22.7 Å². The van der Waals surface area contributed by atoms with Gasteiger partial charge in [0, 0.05) is 31.7 Å². The topological polar surface area (TPSA) is 62.9 Å². The fourth-order valence-corrected chi connectivity index (χ4v) is 2.43. The van der Waals surface area contributed by atoms with Gasteiger partial charge in [0.05, 0.1) is 12.1 Å². The average molecular weight is 254 g/mol. The maximum atomic E-state index is 9.48. The summed E-state index contributed by atoms with van der Waals surface area (Å²) in [6.07, 6.45) is 2.15. The van der Waals surface area contributed by atoms with Gasteiger partial charge in [-0.3, -0.25) is 0 Å². The Labute approximate surface area is 114 Å². The second-order valence-electron chi connectivity index (χ2n) is 4.93. The first-order chi connectivity index (χ1) is 9.28. The summed E-state index contributed by atoms with van der Waals surface area (Å²) in [6, 6.07) is 14.5. The highest BCUT2D eigenvalue weighted by atomic mass is 15.2. The molecule has 0 spiro atoms. The van der Waals surface area contributed by atoms with Crippen LogP contribution in [0.3, 0.4) is 0 Å². The van der Waals surface area contributed by atoms with E-state index in [0.29, 0.717) is 6.42 Å². The smallest absolute Gasteiger partial charge is 0.127 e. The fraction of sp³-hybridized carbons (Fsp3) is 0.467. The maximum Gasteiger partial charge on any atom is 0.127 e. The Morgan fingerprint density at radius 2 is 1.84 bits per heavy atom. The van der Waals surface area contributed by atoms with Crippen LogP contribution in [0.25, 0.3) is 0 Å². The van der Waals surface area contributed by atoms with Crippen LogP contribution in [-0.2, 0) is 0 Å². The first kappa shape index (κ1) is 13.4. The van der Waals surface area contributed by atoms with E-state index < -0.39 is 5.54 Å². The van der Waals surface area contributed by atoms with E-state index in [4.69, 9.17) is 5.26 Å². The molecule has 1 aliphatic heterocycles. The van der Waals surface area contributed by atoms with E-state index in [1.165, 1.54) is 0 Å². The minimum absolute atomic E-state index is 0.468. The van der Waals surface area contributed by atoms with Crippen LogP contribution in [0.4, 0.5) is 5.69 Å². The molecule has 1 aromatic rings. The predicted octanol–water partition coefficient (Wildman–Crippen LogP) is 2.37. The summed E-state index contributed by atoms with van der Waals surface area (Å²) in [5.74, 6) is 0. The van der Waals surface area contributed by atoms with Gasteiger partial charge in [0.1, 0.15) is 5.54 Å². The Morgan fingerprint density at radius 3 is 2.42 bits per heavy atom. The molecular formula is C15H18N4. The minimum atomic E-state index is -0.468. The molecule has 0 radical (unpaired) electrons. The molecule has 1 aromatic carbocycles. The Balaban J connectivity index is 1.95. The summed E-state index contributed by atoms with van der Waals surface area (Å²) >= 11 is 0. The van der Waals surface area contributed by atoms with E-state index in [1.54, 1.807) is 0 Å². The first-order valence-corrected chi connectivity index (χ1v) is 6.62. The largest absolute Gasteiger partial charge is 0.367 e. The van der Waals surface area contributed by atoms with Gasteiger partial charge in [0.25, 0.3) is 0 Å². The van der Waals surface area contributed by atoms with Crippen LogP contribution in [0.15, 0.2) is 30.3 Å². The molecule has 4 nitrogen and oxygen atoms in total. The molecule has 0 saturated carbocycles. The number of nitrogens with zero attached hydrogens (tertiary/aromatic N) is 3. The van der Waals surface area contributed by atoms with Gasteiger partial charge >= 0.3 is 0 Å². The van der Waals surface area contributed by atoms with Crippen LogP contribution in [0.5, 0.6) is 0 Å². The lowest BCUT2D eigenvalue weighted by Crippen LogP contribution is -2.48. The highest BCUT2D eigenvalue weighted by Crippen LogP contribution is 2.26. The summed E-state index contributed by atoms with van der Waals surface area (Å²) in [7, 11) is 0. The second kappa shape index (κ2) is 6.22. The van der Waals surface area contributed by atoms with Gasteiger partial charge in [-0.2, -0.15) is 10.5 Å². The second-order valence-corrected chi connectivity index (χ2v) is 4.93. The Morgan fingerprint density at radius 1 is 1.16 bits per heavy atom.